The largest absolute Gasteiger partial charge is 0.484 e. The highest BCUT2D eigenvalue weighted by molar-refractivity contribution is 7.99. The van der Waals surface area contributed by atoms with Gasteiger partial charge in [0.2, 0.25) is 0 Å². The van der Waals surface area contributed by atoms with Gasteiger partial charge < -0.3 is 19.5 Å². The molecule has 2 aliphatic heterocycles. The minimum Gasteiger partial charge on any atom is -0.484 e. The number of nitrogens with one attached hydrogen (secondary N) is 1. The van der Waals surface area contributed by atoms with Crippen molar-refractivity contribution in [2.75, 3.05) is 37.5 Å². The van der Waals surface area contributed by atoms with Crippen LogP contribution in [0.4, 0.5) is 5.82 Å². The number of ether oxygens (including phenoxy) is 3. The fraction of sp³-hybridized carbons (Fsp3) is 0.455. The lowest BCUT2D eigenvalue weighted by Crippen LogP contribution is -2.38. The number of nitriles is 2. The number of thioether (sulfide) groups is 1. The van der Waals surface area contributed by atoms with E-state index in [1.807, 2.05) is 6.07 Å². The van der Waals surface area contributed by atoms with Gasteiger partial charge in [0, 0.05) is 23.3 Å². The molecule has 31 heavy (non-hydrogen) atoms. The average molecular weight is 436 g/mol. The van der Waals surface area contributed by atoms with Gasteiger partial charge in [-0.3, -0.25) is 4.98 Å². The summed E-state index contributed by atoms with van der Waals surface area (Å²) in [5.41, 5.74) is 1.82. The molecule has 0 amide bonds. The van der Waals surface area contributed by atoms with Crippen LogP contribution in [-0.2, 0) is 9.47 Å². The second-order valence-electron chi connectivity index (χ2n) is 7.90. The van der Waals surface area contributed by atoms with Gasteiger partial charge in [0.05, 0.1) is 43.9 Å². The van der Waals surface area contributed by atoms with Crippen molar-refractivity contribution >= 4 is 17.6 Å². The molecule has 1 N–H and O–H groups in total. The van der Waals surface area contributed by atoms with Gasteiger partial charge in [-0.1, -0.05) is 0 Å². The number of rotatable bonds is 8. The molecule has 0 aromatic carbocycles. The zero-order valence-corrected chi connectivity index (χ0v) is 17.7. The summed E-state index contributed by atoms with van der Waals surface area (Å²) in [6, 6.07) is 8.47. The molecular weight excluding hydrogens is 414 g/mol. The van der Waals surface area contributed by atoms with Gasteiger partial charge in [-0.25, -0.2) is 4.98 Å². The fourth-order valence-corrected chi connectivity index (χ4v) is 4.35. The van der Waals surface area contributed by atoms with Crippen molar-refractivity contribution in [2.24, 2.45) is 5.92 Å². The molecule has 3 aliphatic rings. The second-order valence-corrected chi connectivity index (χ2v) is 8.91. The Morgan fingerprint density at radius 2 is 1.87 bits per heavy atom. The second kappa shape index (κ2) is 8.72. The number of nitrogens with zero attached hydrogens (tertiary/aromatic N) is 4. The molecular formula is C22H21N5O3S. The van der Waals surface area contributed by atoms with Crippen LogP contribution in [0.2, 0.25) is 0 Å². The zero-order chi connectivity index (χ0) is 21.2. The smallest absolute Gasteiger partial charge is 0.146 e. The molecule has 5 rings (SSSR count). The van der Waals surface area contributed by atoms with E-state index >= 15 is 0 Å². The quantitative estimate of drug-likeness (QED) is 0.625. The van der Waals surface area contributed by atoms with Gasteiger partial charge in [0.1, 0.15) is 40.4 Å². The molecule has 8 nitrogen and oxygen atoms in total. The maximum absolute atomic E-state index is 9.99. The number of hydrogen-bond acceptors (Lipinski definition) is 9. The molecule has 3 fully saturated rings. The Hall–Kier alpha value is -2.85. The van der Waals surface area contributed by atoms with Crippen LogP contribution in [0, 0.1) is 28.6 Å². The average Bonchev–Trinajstić information content (AvgIpc) is 3.53. The first-order chi connectivity index (χ1) is 15.2. The molecule has 2 saturated heterocycles. The summed E-state index contributed by atoms with van der Waals surface area (Å²) in [5.74, 6) is 2.45. The van der Waals surface area contributed by atoms with Gasteiger partial charge >= 0.3 is 0 Å². The first-order valence-electron chi connectivity index (χ1n) is 10.3. The summed E-state index contributed by atoms with van der Waals surface area (Å²) in [6.45, 7) is 2.62. The molecule has 0 radical (unpaired) electrons. The van der Waals surface area contributed by atoms with Gasteiger partial charge in [-0.15, -0.1) is 11.8 Å². The van der Waals surface area contributed by atoms with Crippen molar-refractivity contribution in [3.05, 3.63) is 29.5 Å². The van der Waals surface area contributed by atoms with Crippen LogP contribution in [-0.4, -0.2) is 54.3 Å². The maximum atomic E-state index is 9.99. The van der Waals surface area contributed by atoms with Crippen LogP contribution in [0.15, 0.2) is 23.4 Å². The molecule has 0 spiro atoms. The molecule has 1 aliphatic carbocycles. The third-order valence-corrected chi connectivity index (χ3v) is 6.58. The van der Waals surface area contributed by atoms with Gasteiger partial charge in [0.25, 0.3) is 0 Å². The third kappa shape index (κ3) is 4.31. The van der Waals surface area contributed by atoms with Crippen molar-refractivity contribution in [3.8, 4) is 29.1 Å². The van der Waals surface area contributed by atoms with Crippen LogP contribution < -0.4 is 10.1 Å². The molecule has 9 heteroatoms. The Kier molecular flexibility index (Phi) is 5.65. The SMILES string of the molecule is N#Cc1c(NC2CC2)nc(SCC2COC2)c(C#N)c1-c1ccc(OC2COC2)cn1. The Morgan fingerprint density at radius 1 is 1.10 bits per heavy atom. The first kappa shape index (κ1) is 20.1. The molecule has 2 aromatic heterocycles. The number of pyridine rings is 2. The summed E-state index contributed by atoms with van der Waals surface area (Å²) >= 11 is 1.54. The molecule has 0 unspecified atom stereocenters. The minimum atomic E-state index is 0.0470. The normalized spacial score (nSPS) is 18.4. The Balaban J connectivity index is 1.52. The van der Waals surface area contributed by atoms with Gasteiger partial charge in [-0.05, 0) is 25.0 Å². The molecule has 158 valence electrons. The number of hydrogen-bond donors (Lipinski definition) is 1. The summed E-state index contributed by atoms with van der Waals surface area (Å²) in [6.07, 6.45) is 3.78. The van der Waals surface area contributed by atoms with Crippen molar-refractivity contribution in [1.29, 1.82) is 10.5 Å². The number of anilines is 1. The lowest BCUT2D eigenvalue weighted by atomic mass is 10.0. The maximum Gasteiger partial charge on any atom is 0.146 e. The highest BCUT2D eigenvalue weighted by Crippen LogP contribution is 2.38. The molecule has 2 aromatic rings. The highest BCUT2D eigenvalue weighted by atomic mass is 32.2. The first-order valence-corrected chi connectivity index (χ1v) is 11.3. The van der Waals surface area contributed by atoms with E-state index in [2.05, 4.69) is 27.4 Å². The molecule has 0 bridgehead atoms. The van der Waals surface area contributed by atoms with Crippen LogP contribution >= 0.6 is 11.8 Å². The Labute approximate surface area is 184 Å². The van der Waals surface area contributed by atoms with Crippen molar-refractivity contribution in [2.45, 2.75) is 30.0 Å². The lowest BCUT2D eigenvalue weighted by Gasteiger charge is -2.26. The van der Waals surface area contributed by atoms with E-state index in [1.54, 1.807) is 12.3 Å². The Bertz CT molecular complexity index is 1050. The van der Waals surface area contributed by atoms with Crippen LogP contribution in [0.1, 0.15) is 24.0 Å². The van der Waals surface area contributed by atoms with Crippen molar-refractivity contribution < 1.29 is 14.2 Å². The van der Waals surface area contributed by atoms with Crippen LogP contribution in [0.3, 0.4) is 0 Å². The van der Waals surface area contributed by atoms with E-state index in [0.29, 0.717) is 64.2 Å². The van der Waals surface area contributed by atoms with Crippen LogP contribution in [0.5, 0.6) is 5.75 Å². The third-order valence-electron chi connectivity index (χ3n) is 5.37. The van der Waals surface area contributed by atoms with E-state index in [1.165, 1.54) is 11.8 Å². The molecule has 4 heterocycles. The highest BCUT2D eigenvalue weighted by Gasteiger charge is 2.28. The van der Waals surface area contributed by atoms with Crippen molar-refractivity contribution in [3.63, 3.8) is 0 Å². The van der Waals surface area contributed by atoms with E-state index < -0.39 is 0 Å². The molecule has 1 saturated carbocycles. The van der Waals surface area contributed by atoms with E-state index in [9.17, 15) is 10.5 Å². The van der Waals surface area contributed by atoms with E-state index in [0.717, 1.165) is 31.8 Å². The topological polar surface area (TPSA) is 113 Å². The summed E-state index contributed by atoms with van der Waals surface area (Å²) < 4.78 is 16.2. The van der Waals surface area contributed by atoms with E-state index in [4.69, 9.17) is 14.2 Å². The standard InChI is InChI=1S/C22H21N5O3S/c23-5-17-20(19-4-3-15(7-25-19)30-16-10-29-11-16)18(6-24)22(31-12-13-8-28-9-13)27-21(17)26-14-1-2-14/h3-4,7,13-14,16H,1-2,8-12H2,(H,26,27). The summed E-state index contributed by atoms with van der Waals surface area (Å²) in [5, 5.41) is 23.9. The summed E-state index contributed by atoms with van der Waals surface area (Å²) in [4.78, 5) is 9.21. The van der Waals surface area contributed by atoms with Gasteiger partial charge in [0.15, 0.2) is 0 Å². The zero-order valence-electron chi connectivity index (χ0n) is 16.8. The van der Waals surface area contributed by atoms with Crippen LogP contribution in [0.25, 0.3) is 11.3 Å². The predicted octanol–water partition coefficient (Wildman–Crippen LogP) is 2.98. The lowest BCUT2D eigenvalue weighted by molar-refractivity contribution is -0.0797. The Morgan fingerprint density at radius 3 is 2.42 bits per heavy atom. The predicted molar refractivity (Wildman–Crippen MR) is 114 cm³/mol. The van der Waals surface area contributed by atoms with Crippen molar-refractivity contribution in [1.82, 2.24) is 9.97 Å². The summed E-state index contributed by atoms with van der Waals surface area (Å²) in [7, 11) is 0. The minimum absolute atomic E-state index is 0.0470. The fourth-order valence-electron chi connectivity index (χ4n) is 3.31. The number of aromatic nitrogens is 2. The molecule has 0 atom stereocenters. The van der Waals surface area contributed by atoms with Gasteiger partial charge in [-0.2, -0.15) is 10.5 Å². The monoisotopic (exact) mass is 435 g/mol. The van der Waals surface area contributed by atoms with E-state index in [-0.39, 0.29) is 6.10 Å².